The molecule has 0 aliphatic heterocycles. The minimum Gasteiger partial charge on any atom is -0.375 e. The van der Waals surface area contributed by atoms with Crippen LogP contribution in [0.4, 0.5) is 5.13 Å². The number of nitriles is 1. The van der Waals surface area contributed by atoms with Gasteiger partial charge in [-0.2, -0.15) is 5.26 Å². The van der Waals surface area contributed by atoms with Gasteiger partial charge in [0.1, 0.15) is 0 Å². The van der Waals surface area contributed by atoms with Crippen LogP contribution >= 0.6 is 11.3 Å². The Kier molecular flexibility index (Phi) is 3.20. The van der Waals surface area contributed by atoms with Gasteiger partial charge in [0.15, 0.2) is 5.13 Å². The molecule has 2 aromatic rings. The van der Waals surface area contributed by atoms with Crippen LogP contribution in [0.25, 0.3) is 0 Å². The molecule has 1 aliphatic rings. The molecule has 3 rings (SSSR count). The van der Waals surface area contributed by atoms with Gasteiger partial charge in [-0.25, -0.2) is 4.98 Å². The highest BCUT2D eigenvalue weighted by molar-refractivity contribution is 7.15. The molecule has 0 fully saturated rings. The standard InChI is InChI=1S/C15H16N4S/c1-18-15(11-4-2-3-10(7-11)9-16)6-5-12-13(8-15)20-14(17)19-12/h2-4,7,18H,5-6,8H2,1H3,(H2,17,19). The topological polar surface area (TPSA) is 74.7 Å². The average Bonchev–Trinajstić information content (AvgIpc) is 2.86. The van der Waals surface area contributed by atoms with E-state index in [-0.39, 0.29) is 5.54 Å². The van der Waals surface area contributed by atoms with Gasteiger partial charge in [0.25, 0.3) is 0 Å². The molecule has 0 bridgehead atoms. The van der Waals surface area contributed by atoms with E-state index in [1.54, 1.807) is 11.3 Å². The van der Waals surface area contributed by atoms with Crippen LogP contribution in [0.2, 0.25) is 0 Å². The Labute approximate surface area is 122 Å². The zero-order chi connectivity index (χ0) is 14.2. The van der Waals surface area contributed by atoms with E-state index in [2.05, 4.69) is 22.4 Å². The smallest absolute Gasteiger partial charge is 0.180 e. The van der Waals surface area contributed by atoms with Crippen LogP contribution in [0.1, 0.15) is 28.1 Å². The molecule has 102 valence electrons. The Balaban J connectivity index is 2.03. The van der Waals surface area contributed by atoms with Gasteiger partial charge in [0, 0.05) is 16.8 Å². The zero-order valence-electron chi connectivity index (χ0n) is 11.3. The molecule has 1 aromatic carbocycles. The number of fused-ring (bicyclic) bond motifs is 1. The highest BCUT2D eigenvalue weighted by atomic mass is 32.1. The van der Waals surface area contributed by atoms with Crippen molar-refractivity contribution in [3.8, 4) is 6.07 Å². The SMILES string of the molecule is CNC1(c2cccc(C#N)c2)CCc2nc(N)sc2C1. The zero-order valence-corrected chi connectivity index (χ0v) is 12.1. The molecule has 1 heterocycles. The number of rotatable bonds is 2. The summed E-state index contributed by atoms with van der Waals surface area (Å²) in [5, 5.41) is 13.2. The summed E-state index contributed by atoms with van der Waals surface area (Å²) < 4.78 is 0. The first-order valence-corrected chi connectivity index (χ1v) is 7.42. The van der Waals surface area contributed by atoms with Gasteiger partial charge < -0.3 is 11.1 Å². The minimum atomic E-state index is -0.126. The quantitative estimate of drug-likeness (QED) is 0.886. The highest BCUT2D eigenvalue weighted by Gasteiger charge is 2.36. The number of aromatic nitrogens is 1. The first kappa shape index (κ1) is 13.1. The number of nitrogens with one attached hydrogen (secondary N) is 1. The molecule has 1 atom stereocenters. The van der Waals surface area contributed by atoms with Gasteiger partial charge in [-0.3, -0.25) is 0 Å². The summed E-state index contributed by atoms with van der Waals surface area (Å²) in [6.45, 7) is 0. The van der Waals surface area contributed by atoms with Crippen LogP contribution in [0, 0.1) is 11.3 Å². The average molecular weight is 284 g/mol. The van der Waals surface area contributed by atoms with Crippen LogP contribution in [0.15, 0.2) is 24.3 Å². The number of nitrogen functional groups attached to an aromatic ring is 1. The third-order valence-corrected chi connectivity index (χ3v) is 5.00. The van der Waals surface area contributed by atoms with Gasteiger partial charge >= 0.3 is 0 Å². The lowest BCUT2D eigenvalue weighted by Crippen LogP contribution is -2.44. The second-order valence-electron chi connectivity index (χ2n) is 5.12. The molecule has 1 unspecified atom stereocenters. The third-order valence-electron chi connectivity index (χ3n) is 4.07. The fourth-order valence-electron chi connectivity index (χ4n) is 2.92. The largest absolute Gasteiger partial charge is 0.375 e. The molecule has 0 spiro atoms. The summed E-state index contributed by atoms with van der Waals surface area (Å²) in [5.74, 6) is 0. The monoisotopic (exact) mass is 284 g/mol. The molecule has 4 nitrogen and oxygen atoms in total. The Hall–Kier alpha value is -1.90. The Morgan fingerprint density at radius 1 is 1.50 bits per heavy atom. The molecule has 0 amide bonds. The lowest BCUT2D eigenvalue weighted by Gasteiger charge is -2.37. The van der Waals surface area contributed by atoms with E-state index in [1.807, 2.05) is 25.2 Å². The summed E-state index contributed by atoms with van der Waals surface area (Å²) in [6, 6.07) is 10.1. The second-order valence-corrected chi connectivity index (χ2v) is 6.24. The predicted molar refractivity (Wildman–Crippen MR) is 80.4 cm³/mol. The van der Waals surface area contributed by atoms with E-state index >= 15 is 0 Å². The van der Waals surface area contributed by atoms with Crippen molar-refractivity contribution in [2.75, 3.05) is 12.8 Å². The Bertz CT molecular complexity index is 685. The molecule has 3 N–H and O–H groups in total. The molecular formula is C15H16N4S. The van der Waals surface area contributed by atoms with Crippen LogP contribution in [-0.2, 0) is 18.4 Å². The van der Waals surface area contributed by atoms with Crippen molar-refractivity contribution in [1.82, 2.24) is 10.3 Å². The van der Waals surface area contributed by atoms with Crippen LogP contribution < -0.4 is 11.1 Å². The number of nitrogens with two attached hydrogens (primary N) is 1. The van der Waals surface area contributed by atoms with Crippen molar-refractivity contribution in [2.24, 2.45) is 0 Å². The number of likely N-dealkylation sites (N-methyl/N-ethyl adjacent to an activating group) is 1. The van der Waals surface area contributed by atoms with Crippen molar-refractivity contribution in [1.29, 1.82) is 5.26 Å². The van der Waals surface area contributed by atoms with Crippen molar-refractivity contribution in [3.05, 3.63) is 46.0 Å². The first-order valence-electron chi connectivity index (χ1n) is 6.60. The molecule has 0 radical (unpaired) electrons. The van der Waals surface area contributed by atoms with Crippen LogP contribution in [-0.4, -0.2) is 12.0 Å². The molecule has 1 aromatic heterocycles. The van der Waals surface area contributed by atoms with E-state index in [9.17, 15) is 0 Å². The van der Waals surface area contributed by atoms with E-state index in [0.29, 0.717) is 10.7 Å². The maximum atomic E-state index is 9.08. The summed E-state index contributed by atoms with van der Waals surface area (Å²) in [6.07, 6.45) is 2.76. The van der Waals surface area contributed by atoms with Gasteiger partial charge in [-0.05, 0) is 37.6 Å². The van der Waals surface area contributed by atoms with E-state index in [1.165, 1.54) is 4.88 Å². The molecular weight excluding hydrogens is 268 g/mol. The number of benzene rings is 1. The van der Waals surface area contributed by atoms with Gasteiger partial charge in [0.2, 0.25) is 0 Å². The van der Waals surface area contributed by atoms with Gasteiger partial charge in [-0.15, -0.1) is 11.3 Å². The Morgan fingerprint density at radius 2 is 2.35 bits per heavy atom. The maximum absolute atomic E-state index is 9.08. The number of anilines is 1. The lowest BCUT2D eigenvalue weighted by atomic mass is 9.77. The van der Waals surface area contributed by atoms with Crippen LogP contribution in [0.5, 0.6) is 0 Å². The molecule has 0 saturated carbocycles. The van der Waals surface area contributed by atoms with Crippen molar-refractivity contribution in [3.63, 3.8) is 0 Å². The Morgan fingerprint density at radius 3 is 3.10 bits per heavy atom. The summed E-state index contributed by atoms with van der Waals surface area (Å²) in [4.78, 5) is 5.65. The number of aryl methyl sites for hydroxylation is 1. The maximum Gasteiger partial charge on any atom is 0.180 e. The van der Waals surface area contributed by atoms with Crippen molar-refractivity contribution >= 4 is 16.5 Å². The summed E-state index contributed by atoms with van der Waals surface area (Å²) in [7, 11) is 1.98. The van der Waals surface area contributed by atoms with Crippen molar-refractivity contribution < 1.29 is 0 Å². The number of hydrogen-bond donors (Lipinski definition) is 2. The van der Waals surface area contributed by atoms with E-state index in [4.69, 9.17) is 11.0 Å². The van der Waals surface area contributed by atoms with Crippen LogP contribution in [0.3, 0.4) is 0 Å². The van der Waals surface area contributed by atoms with Gasteiger partial charge in [0.05, 0.1) is 17.3 Å². The predicted octanol–water partition coefficient (Wildman–Crippen LogP) is 2.20. The lowest BCUT2D eigenvalue weighted by molar-refractivity contribution is 0.316. The fraction of sp³-hybridized carbons (Fsp3) is 0.333. The number of thiazole rings is 1. The van der Waals surface area contributed by atoms with E-state index in [0.717, 1.165) is 30.5 Å². The molecule has 1 aliphatic carbocycles. The summed E-state index contributed by atoms with van der Waals surface area (Å²) in [5.41, 5.74) is 8.69. The van der Waals surface area contributed by atoms with Crippen molar-refractivity contribution in [2.45, 2.75) is 24.8 Å². The molecule has 0 saturated heterocycles. The fourth-order valence-corrected chi connectivity index (χ4v) is 3.91. The summed E-state index contributed by atoms with van der Waals surface area (Å²) >= 11 is 1.57. The number of hydrogen-bond acceptors (Lipinski definition) is 5. The normalized spacial score (nSPS) is 21.2. The van der Waals surface area contributed by atoms with E-state index < -0.39 is 0 Å². The third kappa shape index (κ3) is 2.07. The molecule has 20 heavy (non-hydrogen) atoms. The minimum absolute atomic E-state index is 0.126. The van der Waals surface area contributed by atoms with Gasteiger partial charge in [-0.1, -0.05) is 12.1 Å². The second kappa shape index (κ2) is 4.89. The first-order chi connectivity index (χ1) is 9.66. The molecule has 5 heteroatoms. The number of nitrogens with zero attached hydrogens (tertiary/aromatic N) is 2. The highest BCUT2D eigenvalue weighted by Crippen LogP contribution is 2.39.